The molecular weight excluding hydrogens is 260 g/mol. The molecule has 1 aromatic rings. The Hall–Kier alpha value is -0.840. The number of halogens is 1. The van der Waals surface area contributed by atoms with E-state index in [0.29, 0.717) is 12.3 Å². The van der Waals surface area contributed by atoms with Gasteiger partial charge in [0.15, 0.2) is 0 Å². The number of carboxylic acid groups (broad SMARTS) is 1. The molecule has 0 amide bonds. The zero-order valence-corrected chi connectivity index (χ0v) is 10.7. The van der Waals surface area contributed by atoms with Crippen LogP contribution in [0.5, 0.6) is 0 Å². The van der Waals surface area contributed by atoms with Gasteiger partial charge in [0, 0.05) is 19.4 Å². The number of aromatic nitrogens is 2. The second kappa shape index (κ2) is 4.79. The normalized spacial score (nSPS) is 11.0. The van der Waals surface area contributed by atoms with E-state index in [1.165, 1.54) is 0 Å². The average molecular weight is 275 g/mol. The molecule has 0 saturated carbocycles. The second-order valence-corrected chi connectivity index (χ2v) is 4.57. The first-order chi connectivity index (χ1) is 6.93. The topological polar surface area (TPSA) is 55.1 Å². The lowest BCUT2D eigenvalue weighted by Crippen LogP contribution is -1.99. The van der Waals surface area contributed by atoms with Crippen LogP contribution < -0.4 is 0 Å². The van der Waals surface area contributed by atoms with E-state index in [-0.39, 0.29) is 6.42 Å². The molecule has 0 unspecified atom stereocenters. The molecule has 0 aromatic carbocycles. The number of carboxylic acids is 1. The van der Waals surface area contributed by atoms with Crippen molar-refractivity contribution in [1.82, 2.24) is 9.55 Å². The van der Waals surface area contributed by atoms with Gasteiger partial charge in [0.1, 0.15) is 10.4 Å². The van der Waals surface area contributed by atoms with Crippen molar-refractivity contribution in [2.24, 2.45) is 7.05 Å². The van der Waals surface area contributed by atoms with Gasteiger partial charge in [-0.25, -0.2) is 4.98 Å². The highest BCUT2D eigenvalue weighted by Crippen LogP contribution is 2.23. The zero-order valence-electron chi connectivity index (χ0n) is 9.12. The average Bonchev–Trinajstić information content (AvgIpc) is 2.41. The summed E-state index contributed by atoms with van der Waals surface area (Å²) < 4.78 is 2.84. The van der Waals surface area contributed by atoms with E-state index in [4.69, 9.17) is 5.11 Å². The number of hydrogen-bond donors (Lipinski definition) is 1. The van der Waals surface area contributed by atoms with Crippen molar-refractivity contribution in [2.45, 2.75) is 32.6 Å². The summed E-state index contributed by atoms with van der Waals surface area (Å²) in [7, 11) is 1.93. The third kappa shape index (κ3) is 2.81. The highest BCUT2D eigenvalue weighted by Gasteiger charge is 2.15. The number of rotatable bonds is 4. The molecule has 0 aliphatic carbocycles. The second-order valence-electron chi connectivity index (χ2n) is 3.81. The summed E-state index contributed by atoms with van der Waals surface area (Å²) in [5.41, 5.74) is 0.823. The standard InChI is InChI=1S/C10H15BrN2O2/c1-6(2)10-12-7(4-5-8(14)15)9(11)13(10)3/h6H,4-5H2,1-3H3,(H,14,15). The fraction of sp³-hybridized carbons (Fsp3) is 0.600. The molecule has 0 aliphatic heterocycles. The number of aryl methyl sites for hydroxylation is 1. The van der Waals surface area contributed by atoms with Gasteiger partial charge in [-0.15, -0.1) is 0 Å². The summed E-state index contributed by atoms with van der Waals surface area (Å²) in [5.74, 6) is 0.519. The molecule has 1 rings (SSSR count). The molecule has 1 N–H and O–H groups in total. The minimum atomic E-state index is -0.793. The van der Waals surface area contributed by atoms with Crippen molar-refractivity contribution in [3.8, 4) is 0 Å². The first-order valence-corrected chi connectivity index (χ1v) is 5.65. The molecule has 0 atom stereocenters. The van der Waals surface area contributed by atoms with Crippen LogP contribution in [0, 0.1) is 0 Å². The molecule has 1 heterocycles. The van der Waals surface area contributed by atoms with Crippen LogP contribution in [0.15, 0.2) is 4.60 Å². The summed E-state index contributed by atoms with van der Waals surface area (Å²) in [4.78, 5) is 14.9. The Labute approximate surface area is 97.4 Å². The van der Waals surface area contributed by atoms with Gasteiger partial charge in [0.25, 0.3) is 0 Å². The molecule has 0 fully saturated rings. The number of hydrogen-bond acceptors (Lipinski definition) is 2. The van der Waals surface area contributed by atoms with Gasteiger partial charge in [-0.2, -0.15) is 0 Å². The monoisotopic (exact) mass is 274 g/mol. The molecule has 1 aromatic heterocycles. The van der Waals surface area contributed by atoms with Crippen molar-refractivity contribution in [1.29, 1.82) is 0 Å². The molecule has 84 valence electrons. The van der Waals surface area contributed by atoms with E-state index in [2.05, 4.69) is 34.8 Å². The van der Waals surface area contributed by atoms with Crippen molar-refractivity contribution in [3.63, 3.8) is 0 Å². The van der Waals surface area contributed by atoms with E-state index in [9.17, 15) is 4.79 Å². The van der Waals surface area contributed by atoms with Crippen LogP contribution >= 0.6 is 15.9 Å². The molecular formula is C10H15BrN2O2. The van der Waals surface area contributed by atoms with Crippen molar-refractivity contribution >= 4 is 21.9 Å². The Kier molecular flexibility index (Phi) is 3.90. The molecule has 0 aliphatic rings. The van der Waals surface area contributed by atoms with E-state index < -0.39 is 5.97 Å². The van der Waals surface area contributed by atoms with Crippen LogP contribution in [-0.4, -0.2) is 20.6 Å². The van der Waals surface area contributed by atoms with Crippen LogP contribution in [-0.2, 0) is 18.3 Å². The fourth-order valence-electron chi connectivity index (χ4n) is 1.45. The third-order valence-corrected chi connectivity index (χ3v) is 3.21. The van der Waals surface area contributed by atoms with Crippen molar-refractivity contribution in [3.05, 3.63) is 16.1 Å². The SMILES string of the molecule is CC(C)c1nc(CCC(=O)O)c(Br)n1C. The summed E-state index contributed by atoms with van der Waals surface area (Å²) >= 11 is 3.43. The number of aliphatic carboxylic acids is 1. The van der Waals surface area contributed by atoms with Gasteiger partial charge in [-0.3, -0.25) is 4.79 Å². The summed E-state index contributed by atoms with van der Waals surface area (Å²) in [6, 6.07) is 0. The lowest BCUT2D eigenvalue weighted by molar-refractivity contribution is -0.136. The molecule has 0 saturated heterocycles. The Morgan fingerprint density at radius 2 is 2.20 bits per heavy atom. The van der Waals surface area contributed by atoms with Gasteiger partial charge < -0.3 is 9.67 Å². The molecule has 0 radical (unpaired) electrons. The van der Waals surface area contributed by atoms with Gasteiger partial charge >= 0.3 is 5.97 Å². The number of nitrogens with zero attached hydrogens (tertiary/aromatic N) is 2. The summed E-state index contributed by atoms with van der Waals surface area (Å²) in [6.45, 7) is 4.13. The smallest absolute Gasteiger partial charge is 0.303 e. The minimum absolute atomic E-state index is 0.118. The van der Waals surface area contributed by atoms with Gasteiger partial charge in [0.2, 0.25) is 0 Å². The van der Waals surface area contributed by atoms with Crippen molar-refractivity contribution < 1.29 is 9.90 Å². The molecule has 0 bridgehead atoms. The van der Waals surface area contributed by atoms with E-state index in [0.717, 1.165) is 16.1 Å². The Morgan fingerprint density at radius 1 is 1.60 bits per heavy atom. The maximum absolute atomic E-state index is 10.5. The van der Waals surface area contributed by atoms with Crippen molar-refractivity contribution in [2.75, 3.05) is 0 Å². The lowest BCUT2D eigenvalue weighted by Gasteiger charge is -2.04. The molecule has 4 nitrogen and oxygen atoms in total. The minimum Gasteiger partial charge on any atom is -0.481 e. The van der Waals surface area contributed by atoms with Crippen LogP contribution in [0.3, 0.4) is 0 Å². The largest absolute Gasteiger partial charge is 0.481 e. The number of imidazole rings is 1. The van der Waals surface area contributed by atoms with Gasteiger partial charge in [-0.1, -0.05) is 13.8 Å². The highest BCUT2D eigenvalue weighted by atomic mass is 79.9. The van der Waals surface area contributed by atoms with E-state index in [1.807, 2.05) is 11.6 Å². The lowest BCUT2D eigenvalue weighted by atomic mass is 10.2. The Morgan fingerprint density at radius 3 is 2.60 bits per heavy atom. The first-order valence-electron chi connectivity index (χ1n) is 4.86. The van der Waals surface area contributed by atoms with Crippen LogP contribution in [0.25, 0.3) is 0 Å². The first kappa shape index (κ1) is 12.2. The Bertz CT molecular complexity index is 372. The molecule has 0 spiro atoms. The molecule has 5 heteroatoms. The maximum Gasteiger partial charge on any atom is 0.303 e. The molecule has 15 heavy (non-hydrogen) atoms. The van der Waals surface area contributed by atoms with E-state index in [1.54, 1.807) is 0 Å². The summed E-state index contributed by atoms with van der Waals surface area (Å²) in [6.07, 6.45) is 0.587. The Balaban J connectivity index is 2.90. The maximum atomic E-state index is 10.5. The fourth-order valence-corrected chi connectivity index (χ4v) is 1.92. The van der Waals surface area contributed by atoms with Crippen LogP contribution in [0.4, 0.5) is 0 Å². The predicted octanol–water partition coefficient (Wildman–Crippen LogP) is 2.32. The predicted molar refractivity (Wildman–Crippen MR) is 61.0 cm³/mol. The van der Waals surface area contributed by atoms with Crippen LogP contribution in [0.1, 0.15) is 37.7 Å². The van der Waals surface area contributed by atoms with E-state index >= 15 is 0 Å². The van der Waals surface area contributed by atoms with Crippen LogP contribution in [0.2, 0.25) is 0 Å². The highest BCUT2D eigenvalue weighted by molar-refractivity contribution is 9.10. The van der Waals surface area contributed by atoms with Gasteiger partial charge in [0.05, 0.1) is 12.1 Å². The summed E-state index contributed by atoms with van der Waals surface area (Å²) in [5, 5.41) is 8.60. The number of carbonyl (C=O) groups is 1. The third-order valence-electron chi connectivity index (χ3n) is 2.22. The van der Waals surface area contributed by atoms with Gasteiger partial charge in [-0.05, 0) is 15.9 Å². The zero-order chi connectivity index (χ0) is 11.6. The quantitative estimate of drug-likeness (QED) is 0.917.